The summed E-state index contributed by atoms with van der Waals surface area (Å²) < 4.78 is 3.43. The molecule has 0 unspecified atom stereocenters. The molecule has 4 aromatic rings. The van der Waals surface area contributed by atoms with Crippen LogP contribution in [0, 0.1) is 0 Å². The highest BCUT2D eigenvalue weighted by Crippen LogP contribution is 2.36. The molecule has 11 nitrogen and oxygen atoms in total. The summed E-state index contributed by atoms with van der Waals surface area (Å²) in [7, 11) is 0. The van der Waals surface area contributed by atoms with Crippen LogP contribution >= 0.6 is 0 Å². The van der Waals surface area contributed by atoms with Crippen LogP contribution in [0.2, 0.25) is 0 Å². The molecule has 0 radical (unpaired) electrons. The number of carbonyl (C=O) groups excluding carboxylic acids is 2. The Bertz CT molecular complexity index is 1550. The molecular weight excluding hydrogens is 484 g/mol. The van der Waals surface area contributed by atoms with Crippen molar-refractivity contribution in [2.24, 2.45) is 0 Å². The minimum absolute atomic E-state index is 0.118. The number of aliphatic hydroxyl groups is 1. The second kappa shape index (κ2) is 8.95. The topological polar surface area (TPSA) is 135 Å². The molecule has 11 heteroatoms. The van der Waals surface area contributed by atoms with E-state index in [0.29, 0.717) is 31.0 Å². The Morgan fingerprint density at radius 3 is 2.63 bits per heavy atom. The SMILES string of the molecule is CC(=O)N1CCN(c2cccc(-c3cc(-c4cnn(CC(C)(C)O)c4)c4c(N)ncnn34)c2)C(=O)C1(C)C. The highest BCUT2D eigenvalue weighted by molar-refractivity contribution is 6.03. The molecule has 0 spiro atoms. The third-order valence-corrected chi connectivity index (χ3v) is 6.90. The quantitative estimate of drug-likeness (QED) is 0.416. The summed E-state index contributed by atoms with van der Waals surface area (Å²) in [6.45, 7) is 9.68. The second-order valence-electron chi connectivity index (χ2n) is 10.8. The highest BCUT2D eigenvalue weighted by Gasteiger charge is 2.43. The summed E-state index contributed by atoms with van der Waals surface area (Å²) in [6.07, 6.45) is 4.99. The lowest BCUT2D eigenvalue weighted by molar-refractivity contribution is -0.145. The third kappa shape index (κ3) is 4.38. The van der Waals surface area contributed by atoms with Gasteiger partial charge in [-0.15, -0.1) is 0 Å². The van der Waals surface area contributed by atoms with E-state index in [4.69, 9.17) is 5.73 Å². The van der Waals surface area contributed by atoms with E-state index in [1.807, 2.05) is 36.5 Å². The smallest absolute Gasteiger partial charge is 0.252 e. The number of anilines is 2. The maximum Gasteiger partial charge on any atom is 0.252 e. The summed E-state index contributed by atoms with van der Waals surface area (Å²) in [5, 5.41) is 19.1. The molecule has 4 heterocycles. The van der Waals surface area contributed by atoms with Gasteiger partial charge in [-0.1, -0.05) is 12.1 Å². The van der Waals surface area contributed by atoms with Crippen molar-refractivity contribution in [3.05, 3.63) is 49.1 Å². The van der Waals surface area contributed by atoms with E-state index in [1.165, 1.54) is 13.3 Å². The van der Waals surface area contributed by atoms with Crippen LogP contribution < -0.4 is 10.6 Å². The van der Waals surface area contributed by atoms with Crippen LogP contribution in [0.1, 0.15) is 34.6 Å². The van der Waals surface area contributed by atoms with Crippen LogP contribution in [-0.2, 0) is 16.1 Å². The van der Waals surface area contributed by atoms with Gasteiger partial charge in [-0.2, -0.15) is 10.2 Å². The molecule has 0 saturated carbocycles. The maximum atomic E-state index is 13.4. The predicted octanol–water partition coefficient (Wildman–Crippen LogP) is 2.59. The minimum Gasteiger partial charge on any atom is -0.389 e. The molecule has 3 aromatic heterocycles. The number of aromatic nitrogens is 5. The lowest BCUT2D eigenvalue weighted by Crippen LogP contribution is -2.64. The van der Waals surface area contributed by atoms with E-state index in [-0.39, 0.29) is 11.8 Å². The zero-order valence-electron chi connectivity index (χ0n) is 22.2. The Hall–Kier alpha value is -4.25. The highest BCUT2D eigenvalue weighted by atomic mass is 16.3. The first-order chi connectivity index (χ1) is 17.9. The van der Waals surface area contributed by atoms with Crippen molar-refractivity contribution in [3.63, 3.8) is 0 Å². The van der Waals surface area contributed by atoms with Gasteiger partial charge in [0.1, 0.15) is 17.4 Å². The van der Waals surface area contributed by atoms with E-state index >= 15 is 0 Å². The number of nitrogens with two attached hydrogens (primary N) is 1. The first-order valence-corrected chi connectivity index (χ1v) is 12.4. The van der Waals surface area contributed by atoms with Crippen LogP contribution in [0.3, 0.4) is 0 Å². The summed E-state index contributed by atoms with van der Waals surface area (Å²) in [5.41, 5.74) is 9.05. The lowest BCUT2D eigenvalue weighted by Gasteiger charge is -2.45. The van der Waals surface area contributed by atoms with Crippen molar-refractivity contribution in [1.82, 2.24) is 29.3 Å². The standard InChI is InChI=1S/C27H32N8O3/c1-17(36)34-10-9-33(25(37)27(34,4)5)20-8-6-7-18(11-20)22-12-21(23-24(28)29-16-31-35(22)23)19-13-30-32(14-19)15-26(2,3)38/h6-8,11-14,16,38H,9-10,15H2,1-5H3,(H2,28,29,31). The zero-order chi connectivity index (χ0) is 27.4. The Morgan fingerprint density at radius 2 is 1.92 bits per heavy atom. The Labute approximate surface area is 220 Å². The van der Waals surface area contributed by atoms with Crippen molar-refractivity contribution in [2.75, 3.05) is 23.7 Å². The van der Waals surface area contributed by atoms with Gasteiger partial charge in [-0.3, -0.25) is 14.3 Å². The monoisotopic (exact) mass is 516 g/mol. The number of hydrogen-bond acceptors (Lipinski definition) is 7. The summed E-state index contributed by atoms with van der Waals surface area (Å²) in [5.74, 6) is 0.0691. The summed E-state index contributed by atoms with van der Waals surface area (Å²) in [4.78, 5) is 33.1. The van der Waals surface area contributed by atoms with Gasteiger partial charge in [0.15, 0.2) is 5.82 Å². The van der Waals surface area contributed by atoms with Crippen molar-refractivity contribution in [2.45, 2.75) is 52.3 Å². The van der Waals surface area contributed by atoms with Gasteiger partial charge in [0.25, 0.3) is 5.91 Å². The number of carbonyl (C=O) groups is 2. The Kier molecular flexibility index (Phi) is 5.98. The number of amides is 2. The van der Waals surface area contributed by atoms with Crippen LogP contribution in [-0.4, -0.2) is 70.4 Å². The summed E-state index contributed by atoms with van der Waals surface area (Å²) in [6, 6.07) is 9.66. The maximum absolute atomic E-state index is 13.4. The normalized spacial score (nSPS) is 15.9. The molecule has 198 valence electrons. The first kappa shape index (κ1) is 25.4. The van der Waals surface area contributed by atoms with Gasteiger partial charge in [0, 0.05) is 48.6 Å². The molecule has 0 atom stereocenters. The minimum atomic E-state index is -0.944. The molecule has 38 heavy (non-hydrogen) atoms. The molecule has 5 rings (SSSR count). The molecule has 2 amide bonds. The number of hydrogen-bond donors (Lipinski definition) is 2. The largest absolute Gasteiger partial charge is 0.389 e. The Balaban J connectivity index is 1.57. The van der Waals surface area contributed by atoms with Crippen molar-refractivity contribution in [1.29, 1.82) is 0 Å². The third-order valence-electron chi connectivity index (χ3n) is 6.90. The van der Waals surface area contributed by atoms with Crippen molar-refractivity contribution >= 4 is 28.8 Å². The molecule has 3 N–H and O–H groups in total. The van der Waals surface area contributed by atoms with Crippen LogP contribution in [0.25, 0.3) is 27.9 Å². The number of piperazine rings is 1. The van der Waals surface area contributed by atoms with E-state index in [2.05, 4.69) is 15.2 Å². The lowest BCUT2D eigenvalue weighted by atomic mass is 9.96. The van der Waals surface area contributed by atoms with E-state index in [0.717, 1.165) is 28.1 Å². The van der Waals surface area contributed by atoms with Crippen molar-refractivity contribution in [3.8, 4) is 22.4 Å². The molecule has 1 saturated heterocycles. The van der Waals surface area contributed by atoms with Gasteiger partial charge in [0.2, 0.25) is 5.91 Å². The molecule has 0 bridgehead atoms. The molecule has 0 aliphatic carbocycles. The van der Waals surface area contributed by atoms with Crippen LogP contribution in [0.4, 0.5) is 11.5 Å². The van der Waals surface area contributed by atoms with Crippen LogP contribution in [0.5, 0.6) is 0 Å². The fourth-order valence-corrected chi connectivity index (χ4v) is 5.14. The number of nitrogen functional groups attached to an aromatic ring is 1. The van der Waals surface area contributed by atoms with Gasteiger partial charge < -0.3 is 20.6 Å². The number of rotatable bonds is 5. The Morgan fingerprint density at radius 1 is 1.16 bits per heavy atom. The molecule has 1 fully saturated rings. The zero-order valence-corrected chi connectivity index (χ0v) is 22.2. The number of benzene rings is 1. The van der Waals surface area contributed by atoms with Crippen molar-refractivity contribution < 1.29 is 14.7 Å². The number of nitrogens with zero attached hydrogens (tertiary/aromatic N) is 7. The fraction of sp³-hybridized carbons (Fsp3) is 0.370. The molecule has 1 aliphatic rings. The second-order valence-corrected chi connectivity index (χ2v) is 10.8. The average Bonchev–Trinajstić information content (AvgIpc) is 3.44. The first-order valence-electron chi connectivity index (χ1n) is 12.4. The van der Waals surface area contributed by atoms with E-state index in [1.54, 1.807) is 52.9 Å². The van der Waals surface area contributed by atoms with E-state index in [9.17, 15) is 14.7 Å². The average molecular weight is 517 g/mol. The fourth-order valence-electron chi connectivity index (χ4n) is 5.14. The molecule has 1 aliphatic heterocycles. The predicted molar refractivity (Wildman–Crippen MR) is 144 cm³/mol. The van der Waals surface area contributed by atoms with Gasteiger partial charge in [0.05, 0.1) is 24.0 Å². The van der Waals surface area contributed by atoms with Gasteiger partial charge in [-0.05, 0) is 45.9 Å². The van der Waals surface area contributed by atoms with Crippen LogP contribution in [0.15, 0.2) is 49.1 Å². The van der Waals surface area contributed by atoms with Gasteiger partial charge >= 0.3 is 0 Å². The molecule has 1 aromatic carbocycles. The number of fused-ring (bicyclic) bond motifs is 1. The summed E-state index contributed by atoms with van der Waals surface area (Å²) >= 11 is 0. The van der Waals surface area contributed by atoms with E-state index < -0.39 is 11.1 Å². The van der Waals surface area contributed by atoms with Gasteiger partial charge in [-0.25, -0.2) is 9.50 Å². The molecular formula is C27H32N8O3.